The van der Waals surface area contributed by atoms with Crippen LogP contribution in [0, 0.1) is 6.92 Å². The first-order valence-electron chi connectivity index (χ1n) is 9.76. The molecule has 0 unspecified atom stereocenters. The van der Waals surface area contributed by atoms with Gasteiger partial charge in [-0.1, -0.05) is 24.3 Å². The lowest BCUT2D eigenvalue weighted by Crippen LogP contribution is -2.31. The summed E-state index contributed by atoms with van der Waals surface area (Å²) in [6.45, 7) is 1.71. The maximum atomic E-state index is 13.2. The van der Waals surface area contributed by atoms with E-state index in [0.717, 1.165) is 10.4 Å². The van der Waals surface area contributed by atoms with Crippen LogP contribution in [0.25, 0.3) is 17.0 Å². The van der Waals surface area contributed by atoms with E-state index in [4.69, 9.17) is 4.74 Å². The van der Waals surface area contributed by atoms with Crippen LogP contribution in [0.15, 0.2) is 53.3 Å². The quantitative estimate of drug-likeness (QED) is 0.495. The predicted molar refractivity (Wildman–Crippen MR) is 114 cm³/mol. The number of ether oxygens (including phenoxy) is 1. The van der Waals surface area contributed by atoms with Gasteiger partial charge in [-0.25, -0.2) is 9.88 Å². The molecular formula is C22H19N5O4. The number of aromatic amines is 2. The standard InChI is InChI=1S/C22H19N5O4/c1-12-19(21(30)27(25-12)22-23-14-7-3-4-8-15(14)24-22)13-11-18(28)26(20(13)29)16-9-5-6-10-17(16)31-2/h3-10,13,25H,11H2,1-2H3,(H,23,24)/t13-/m0/s1. The molecule has 1 aliphatic heterocycles. The van der Waals surface area contributed by atoms with E-state index in [2.05, 4.69) is 15.1 Å². The van der Waals surface area contributed by atoms with E-state index >= 15 is 0 Å². The van der Waals surface area contributed by atoms with Gasteiger partial charge in [0.25, 0.3) is 5.56 Å². The Morgan fingerprint density at radius 2 is 1.81 bits per heavy atom. The molecule has 9 nitrogen and oxygen atoms in total. The van der Waals surface area contributed by atoms with Crippen LogP contribution in [0.3, 0.4) is 0 Å². The van der Waals surface area contributed by atoms with Crippen LogP contribution in [0.4, 0.5) is 5.69 Å². The monoisotopic (exact) mass is 417 g/mol. The SMILES string of the molecule is COc1ccccc1N1C(=O)C[C@@H](c2c(C)[nH]n(-c3nc4ccccc4[nH]3)c2=O)C1=O. The molecule has 4 aromatic rings. The van der Waals surface area contributed by atoms with Crippen molar-refractivity contribution in [2.45, 2.75) is 19.3 Å². The molecule has 0 spiro atoms. The summed E-state index contributed by atoms with van der Waals surface area (Å²) >= 11 is 0. The molecule has 1 aliphatic rings. The number of nitrogens with zero attached hydrogens (tertiary/aromatic N) is 3. The lowest BCUT2D eigenvalue weighted by molar-refractivity contribution is -0.121. The van der Waals surface area contributed by atoms with E-state index in [1.807, 2.05) is 24.3 Å². The number of para-hydroxylation sites is 4. The van der Waals surface area contributed by atoms with Crippen molar-refractivity contribution in [1.82, 2.24) is 19.7 Å². The van der Waals surface area contributed by atoms with Crippen LogP contribution in [-0.4, -0.2) is 38.7 Å². The molecule has 2 amide bonds. The Bertz CT molecular complexity index is 1360. The largest absolute Gasteiger partial charge is 0.495 e. The second-order valence-corrected chi connectivity index (χ2v) is 7.36. The van der Waals surface area contributed by atoms with E-state index in [9.17, 15) is 14.4 Å². The Morgan fingerprint density at radius 3 is 2.58 bits per heavy atom. The number of carbonyl (C=O) groups excluding carboxylic acids is 2. The molecule has 0 aliphatic carbocycles. The summed E-state index contributed by atoms with van der Waals surface area (Å²) in [4.78, 5) is 47.9. The van der Waals surface area contributed by atoms with Gasteiger partial charge in [0.2, 0.25) is 17.8 Å². The van der Waals surface area contributed by atoms with Crippen LogP contribution < -0.4 is 15.2 Å². The summed E-state index contributed by atoms with van der Waals surface area (Å²) in [5.41, 5.74) is 2.23. The maximum absolute atomic E-state index is 13.2. The summed E-state index contributed by atoms with van der Waals surface area (Å²) in [5, 5.41) is 2.98. The third-order valence-electron chi connectivity index (χ3n) is 5.53. The number of carbonyl (C=O) groups is 2. The average Bonchev–Trinajstić information content (AvgIpc) is 3.41. The molecule has 3 heterocycles. The highest BCUT2D eigenvalue weighted by Crippen LogP contribution is 2.37. The Hall–Kier alpha value is -4.14. The minimum absolute atomic E-state index is 0.0923. The first-order valence-corrected chi connectivity index (χ1v) is 9.76. The molecule has 0 saturated carbocycles. The minimum atomic E-state index is -0.883. The molecule has 1 saturated heterocycles. The fraction of sp³-hybridized carbons (Fsp3) is 0.182. The number of hydrogen-bond donors (Lipinski definition) is 2. The molecule has 2 N–H and O–H groups in total. The maximum Gasteiger partial charge on any atom is 0.278 e. The fourth-order valence-electron chi connectivity index (χ4n) is 4.09. The molecule has 1 fully saturated rings. The van der Waals surface area contributed by atoms with E-state index in [-0.39, 0.29) is 17.9 Å². The van der Waals surface area contributed by atoms with Gasteiger partial charge in [-0.2, -0.15) is 4.68 Å². The Kier molecular flexibility index (Phi) is 4.25. The van der Waals surface area contributed by atoms with E-state index in [1.165, 1.54) is 11.8 Å². The number of fused-ring (bicyclic) bond motifs is 1. The Balaban J connectivity index is 1.56. The van der Waals surface area contributed by atoms with E-state index in [1.54, 1.807) is 31.2 Å². The van der Waals surface area contributed by atoms with Crippen LogP contribution >= 0.6 is 0 Å². The summed E-state index contributed by atoms with van der Waals surface area (Å²) in [6, 6.07) is 14.2. The number of benzene rings is 2. The number of rotatable bonds is 4. The van der Waals surface area contributed by atoms with Crippen molar-refractivity contribution in [2.24, 2.45) is 0 Å². The van der Waals surface area contributed by atoms with E-state index < -0.39 is 17.4 Å². The van der Waals surface area contributed by atoms with Crippen LogP contribution in [0.5, 0.6) is 5.75 Å². The summed E-state index contributed by atoms with van der Waals surface area (Å²) in [7, 11) is 1.48. The number of anilines is 1. The molecule has 0 radical (unpaired) electrons. The predicted octanol–water partition coefficient (Wildman–Crippen LogP) is 2.41. The van der Waals surface area contributed by atoms with Gasteiger partial charge in [-0.3, -0.25) is 19.5 Å². The second-order valence-electron chi connectivity index (χ2n) is 7.36. The topological polar surface area (TPSA) is 113 Å². The number of amides is 2. The normalized spacial score (nSPS) is 16.5. The molecular weight excluding hydrogens is 398 g/mol. The number of H-pyrrole nitrogens is 2. The lowest BCUT2D eigenvalue weighted by Gasteiger charge is -2.17. The highest BCUT2D eigenvalue weighted by atomic mass is 16.5. The minimum Gasteiger partial charge on any atom is -0.495 e. The smallest absolute Gasteiger partial charge is 0.278 e. The number of aryl methyl sites for hydroxylation is 1. The Morgan fingerprint density at radius 1 is 1.06 bits per heavy atom. The van der Waals surface area contributed by atoms with Crippen LogP contribution in [0.1, 0.15) is 23.6 Å². The van der Waals surface area contributed by atoms with Gasteiger partial charge >= 0.3 is 0 Å². The van der Waals surface area contributed by atoms with Crippen molar-refractivity contribution in [1.29, 1.82) is 0 Å². The molecule has 9 heteroatoms. The zero-order valence-electron chi connectivity index (χ0n) is 16.9. The molecule has 0 bridgehead atoms. The van der Waals surface area contributed by atoms with Crippen molar-refractivity contribution in [3.05, 3.63) is 70.1 Å². The van der Waals surface area contributed by atoms with Gasteiger partial charge in [-0.05, 0) is 31.2 Å². The number of methoxy groups -OCH3 is 1. The highest BCUT2D eigenvalue weighted by molar-refractivity contribution is 6.23. The number of imidazole rings is 1. The van der Waals surface area contributed by atoms with Gasteiger partial charge < -0.3 is 9.72 Å². The third-order valence-corrected chi connectivity index (χ3v) is 5.53. The molecule has 2 aromatic carbocycles. The molecule has 156 valence electrons. The van der Waals surface area contributed by atoms with Gasteiger partial charge in [0.15, 0.2) is 0 Å². The first kappa shape index (κ1) is 18.9. The van der Waals surface area contributed by atoms with Crippen LogP contribution in [0.2, 0.25) is 0 Å². The van der Waals surface area contributed by atoms with Gasteiger partial charge in [-0.15, -0.1) is 0 Å². The fourth-order valence-corrected chi connectivity index (χ4v) is 4.09. The summed E-state index contributed by atoms with van der Waals surface area (Å²) in [5.74, 6) is -0.985. The van der Waals surface area contributed by atoms with Gasteiger partial charge in [0, 0.05) is 12.1 Å². The third kappa shape index (κ3) is 2.85. The van der Waals surface area contributed by atoms with Crippen molar-refractivity contribution in [3.8, 4) is 11.7 Å². The number of imide groups is 1. The average molecular weight is 417 g/mol. The first-order chi connectivity index (χ1) is 15.0. The highest BCUT2D eigenvalue weighted by Gasteiger charge is 2.44. The number of nitrogens with one attached hydrogen (secondary N) is 2. The number of aromatic nitrogens is 4. The van der Waals surface area contributed by atoms with Crippen molar-refractivity contribution >= 4 is 28.5 Å². The Labute approximate surface area is 176 Å². The van der Waals surface area contributed by atoms with Gasteiger partial charge in [0.05, 0.1) is 35.3 Å². The zero-order chi connectivity index (χ0) is 21.7. The second kappa shape index (κ2) is 6.98. The molecule has 1 atom stereocenters. The van der Waals surface area contributed by atoms with Gasteiger partial charge in [0.1, 0.15) is 5.75 Å². The molecule has 31 heavy (non-hydrogen) atoms. The molecule has 2 aromatic heterocycles. The lowest BCUT2D eigenvalue weighted by atomic mass is 9.98. The van der Waals surface area contributed by atoms with E-state index in [0.29, 0.717) is 28.6 Å². The molecule has 5 rings (SSSR count). The zero-order valence-corrected chi connectivity index (χ0v) is 16.9. The van der Waals surface area contributed by atoms with Crippen molar-refractivity contribution in [3.63, 3.8) is 0 Å². The van der Waals surface area contributed by atoms with Crippen LogP contribution in [-0.2, 0) is 9.59 Å². The van der Waals surface area contributed by atoms with Crippen molar-refractivity contribution < 1.29 is 14.3 Å². The summed E-state index contributed by atoms with van der Waals surface area (Å²) < 4.78 is 6.58. The van der Waals surface area contributed by atoms with Crippen molar-refractivity contribution in [2.75, 3.05) is 12.0 Å². The number of hydrogen-bond acceptors (Lipinski definition) is 5. The summed E-state index contributed by atoms with van der Waals surface area (Å²) in [6.07, 6.45) is -0.0923.